The highest BCUT2D eigenvalue weighted by atomic mass is 32.2. The monoisotopic (exact) mass is 484 g/mol. The minimum absolute atomic E-state index is 0.0222. The smallest absolute Gasteiger partial charge is 0.264 e. The van der Waals surface area contributed by atoms with E-state index in [0.717, 1.165) is 37.6 Å². The summed E-state index contributed by atoms with van der Waals surface area (Å²) >= 11 is 5.57. The first-order valence-corrected chi connectivity index (χ1v) is 12.2. The Balaban J connectivity index is 1.32. The summed E-state index contributed by atoms with van der Waals surface area (Å²) in [7, 11) is -2.11. The molecule has 0 bridgehead atoms. The van der Waals surface area contributed by atoms with Crippen molar-refractivity contribution in [3.63, 3.8) is 0 Å². The molecule has 2 heterocycles. The van der Waals surface area contributed by atoms with Crippen molar-refractivity contribution < 1.29 is 13.2 Å². The number of nitrogens with one attached hydrogen (secondary N) is 2. The van der Waals surface area contributed by atoms with Crippen LogP contribution in [0.15, 0.2) is 71.9 Å². The lowest BCUT2D eigenvalue weighted by Gasteiger charge is -2.37. The van der Waals surface area contributed by atoms with Crippen molar-refractivity contribution in [2.45, 2.75) is 4.90 Å². The van der Waals surface area contributed by atoms with E-state index in [-0.39, 0.29) is 10.8 Å². The van der Waals surface area contributed by atoms with Gasteiger partial charge in [-0.1, -0.05) is 6.07 Å². The van der Waals surface area contributed by atoms with E-state index in [4.69, 9.17) is 17.0 Å². The fraction of sp³-hybridized carbons (Fsp3) is 0.227. The maximum atomic E-state index is 12.5. The molecule has 0 aliphatic carbocycles. The molecule has 33 heavy (non-hydrogen) atoms. The zero-order chi connectivity index (χ0) is 23.3. The quantitative estimate of drug-likeness (QED) is 0.512. The van der Waals surface area contributed by atoms with Gasteiger partial charge in [0.2, 0.25) is 5.95 Å². The minimum Gasteiger partial charge on any atom is -0.497 e. The molecule has 1 aromatic heterocycles. The van der Waals surface area contributed by atoms with Crippen molar-refractivity contribution in [3.05, 3.63) is 67.0 Å². The van der Waals surface area contributed by atoms with Gasteiger partial charge >= 0.3 is 0 Å². The molecule has 1 saturated heterocycles. The van der Waals surface area contributed by atoms with Crippen LogP contribution in [0.1, 0.15) is 0 Å². The Hall–Kier alpha value is -3.44. The van der Waals surface area contributed by atoms with E-state index in [9.17, 15) is 8.42 Å². The van der Waals surface area contributed by atoms with E-state index in [2.05, 4.69) is 35.9 Å². The van der Waals surface area contributed by atoms with E-state index in [1.54, 1.807) is 25.3 Å². The first-order chi connectivity index (χ1) is 15.9. The summed E-state index contributed by atoms with van der Waals surface area (Å²) < 4.78 is 32.7. The summed E-state index contributed by atoms with van der Waals surface area (Å²) in [6.07, 6.45) is 2.94. The van der Waals surface area contributed by atoms with Crippen LogP contribution in [0.4, 0.5) is 17.3 Å². The molecule has 1 aliphatic heterocycles. The standard InChI is InChI=1S/C22H24N6O3S2/c1-31-19-5-2-4-18(16-19)27-12-14-28(15-13-27)22(32)25-17-6-8-20(9-7-17)33(29,30)26-21-23-10-3-11-24-21/h2-11,16H,12-15H2,1H3,(H,25,32)(H,23,24,26). The summed E-state index contributed by atoms with van der Waals surface area (Å²) in [5.41, 5.74) is 1.84. The average molecular weight is 485 g/mol. The molecule has 4 rings (SSSR count). The van der Waals surface area contributed by atoms with E-state index < -0.39 is 10.0 Å². The van der Waals surface area contributed by atoms with Crippen molar-refractivity contribution >= 4 is 44.7 Å². The number of thiocarbonyl (C=S) groups is 1. The van der Waals surface area contributed by atoms with Crippen molar-refractivity contribution in [1.82, 2.24) is 14.9 Å². The van der Waals surface area contributed by atoms with Crippen LogP contribution < -0.4 is 19.7 Å². The summed E-state index contributed by atoms with van der Waals surface area (Å²) in [6.45, 7) is 3.21. The maximum Gasteiger partial charge on any atom is 0.264 e. The number of sulfonamides is 1. The van der Waals surface area contributed by atoms with Crippen molar-refractivity contribution in [2.75, 3.05) is 48.2 Å². The highest BCUT2D eigenvalue weighted by Gasteiger charge is 2.20. The zero-order valence-corrected chi connectivity index (χ0v) is 19.6. The molecular formula is C22H24N6O3S2. The van der Waals surface area contributed by atoms with Crippen LogP contribution in [-0.4, -0.2) is 61.7 Å². The second-order valence-corrected chi connectivity index (χ2v) is 9.38. The Kier molecular flexibility index (Phi) is 6.90. The first-order valence-electron chi connectivity index (χ1n) is 10.3. The Morgan fingerprint density at radius 2 is 1.70 bits per heavy atom. The fourth-order valence-electron chi connectivity index (χ4n) is 3.43. The lowest BCUT2D eigenvalue weighted by Crippen LogP contribution is -2.50. The van der Waals surface area contributed by atoms with Gasteiger partial charge in [0, 0.05) is 56.0 Å². The normalized spacial score (nSPS) is 14.0. The lowest BCUT2D eigenvalue weighted by molar-refractivity contribution is 0.389. The number of hydrogen-bond acceptors (Lipinski definition) is 7. The van der Waals surface area contributed by atoms with E-state index in [1.165, 1.54) is 24.5 Å². The average Bonchev–Trinajstić information content (AvgIpc) is 2.85. The Labute approximate surface area is 198 Å². The molecule has 0 saturated carbocycles. The second kappa shape index (κ2) is 10.0. The molecule has 2 aromatic carbocycles. The number of benzene rings is 2. The lowest BCUT2D eigenvalue weighted by atomic mass is 10.2. The molecule has 2 N–H and O–H groups in total. The number of piperazine rings is 1. The van der Waals surface area contributed by atoms with Gasteiger partial charge in [-0.15, -0.1) is 0 Å². The molecule has 0 radical (unpaired) electrons. The van der Waals surface area contributed by atoms with Gasteiger partial charge in [0.05, 0.1) is 12.0 Å². The van der Waals surface area contributed by atoms with Gasteiger partial charge in [0.1, 0.15) is 5.75 Å². The van der Waals surface area contributed by atoms with Gasteiger partial charge in [-0.05, 0) is 54.7 Å². The molecule has 0 atom stereocenters. The number of rotatable bonds is 6. The van der Waals surface area contributed by atoms with Crippen molar-refractivity contribution in [3.8, 4) is 5.75 Å². The molecule has 3 aromatic rings. The summed E-state index contributed by atoms with van der Waals surface area (Å²) in [6, 6.07) is 16.0. The summed E-state index contributed by atoms with van der Waals surface area (Å²) in [5.74, 6) is 0.859. The van der Waals surface area contributed by atoms with Crippen LogP contribution in [0.3, 0.4) is 0 Å². The van der Waals surface area contributed by atoms with E-state index in [0.29, 0.717) is 10.8 Å². The predicted octanol–water partition coefficient (Wildman–Crippen LogP) is 2.81. The maximum absolute atomic E-state index is 12.5. The third kappa shape index (κ3) is 5.68. The molecule has 0 amide bonds. The Bertz CT molecular complexity index is 1200. The van der Waals surface area contributed by atoms with Gasteiger partial charge in [-0.25, -0.2) is 23.1 Å². The number of anilines is 3. The highest BCUT2D eigenvalue weighted by molar-refractivity contribution is 7.92. The minimum atomic E-state index is -3.78. The van der Waals surface area contributed by atoms with Crippen LogP contribution in [0.25, 0.3) is 0 Å². The number of ether oxygens (including phenoxy) is 1. The second-order valence-electron chi connectivity index (χ2n) is 7.31. The zero-order valence-electron chi connectivity index (χ0n) is 18.0. The molecule has 0 unspecified atom stereocenters. The Morgan fingerprint density at radius 3 is 2.36 bits per heavy atom. The molecular weight excluding hydrogens is 460 g/mol. The van der Waals surface area contributed by atoms with Crippen LogP contribution in [0.2, 0.25) is 0 Å². The van der Waals surface area contributed by atoms with Crippen LogP contribution in [0, 0.1) is 0 Å². The number of nitrogens with zero attached hydrogens (tertiary/aromatic N) is 4. The Morgan fingerprint density at radius 1 is 1.00 bits per heavy atom. The molecule has 1 aliphatic rings. The largest absolute Gasteiger partial charge is 0.497 e. The number of aromatic nitrogens is 2. The molecule has 172 valence electrons. The third-order valence-electron chi connectivity index (χ3n) is 5.19. The van der Waals surface area contributed by atoms with Crippen LogP contribution >= 0.6 is 12.2 Å². The molecule has 0 spiro atoms. The summed E-state index contributed by atoms with van der Waals surface area (Å²) in [5, 5.41) is 3.80. The van der Waals surface area contributed by atoms with Crippen LogP contribution in [0.5, 0.6) is 5.75 Å². The number of hydrogen-bond donors (Lipinski definition) is 2. The van der Waals surface area contributed by atoms with Crippen LogP contribution in [-0.2, 0) is 10.0 Å². The highest BCUT2D eigenvalue weighted by Crippen LogP contribution is 2.22. The van der Waals surface area contributed by atoms with Gasteiger partial charge in [-0.3, -0.25) is 0 Å². The van der Waals surface area contributed by atoms with E-state index in [1.807, 2.05) is 18.2 Å². The summed E-state index contributed by atoms with van der Waals surface area (Å²) in [4.78, 5) is 12.3. The van der Waals surface area contributed by atoms with Crippen molar-refractivity contribution in [2.24, 2.45) is 0 Å². The first kappa shape index (κ1) is 22.7. The molecule has 1 fully saturated rings. The molecule has 11 heteroatoms. The van der Waals surface area contributed by atoms with Gasteiger partial charge in [0.15, 0.2) is 5.11 Å². The van der Waals surface area contributed by atoms with Gasteiger partial charge < -0.3 is 19.9 Å². The van der Waals surface area contributed by atoms with Gasteiger partial charge in [0.25, 0.3) is 10.0 Å². The molecule has 9 nitrogen and oxygen atoms in total. The van der Waals surface area contributed by atoms with Crippen molar-refractivity contribution in [1.29, 1.82) is 0 Å². The predicted molar refractivity (Wildman–Crippen MR) is 132 cm³/mol. The SMILES string of the molecule is COc1cccc(N2CCN(C(=S)Nc3ccc(S(=O)(=O)Nc4ncccn4)cc3)CC2)c1. The van der Waals surface area contributed by atoms with E-state index >= 15 is 0 Å². The fourth-order valence-corrected chi connectivity index (χ4v) is 4.68. The van der Waals surface area contributed by atoms with Gasteiger partial charge in [-0.2, -0.15) is 0 Å². The third-order valence-corrected chi connectivity index (χ3v) is 6.90. The topological polar surface area (TPSA) is 99.7 Å². The number of methoxy groups -OCH3 is 1.